The van der Waals surface area contributed by atoms with Crippen LogP contribution < -0.4 is 14.2 Å². The molecule has 0 atom stereocenters. The summed E-state index contributed by atoms with van der Waals surface area (Å²) in [6.45, 7) is 0.429. The molecular weight excluding hydrogens is 450 g/mol. The van der Waals surface area contributed by atoms with Gasteiger partial charge in [0, 0.05) is 29.6 Å². The molecule has 0 radical (unpaired) electrons. The van der Waals surface area contributed by atoms with Crippen LogP contribution in [0.3, 0.4) is 0 Å². The minimum atomic E-state index is 0.0850. The van der Waals surface area contributed by atoms with Crippen LogP contribution in [0.2, 0.25) is 0 Å². The first-order chi connectivity index (χ1) is 17.7. The molecule has 0 N–H and O–H groups in total. The van der Waals surface area contributed by atoms with Gasteiger partial charge in [-0.25, -0.2) is 0 Å². The van der Waals surface area contributed by atoms with Crippen molar-refractivity contribution in [2.45, 2.75) is 13.0 Å². The molecule has 5 heteroatoms. The number of Topliss-reactive ketones (excluding diaryl/α,β-unsaturated/α-hetero) is 1. The largest absolute Gasteiger partial charge is 0.493 e. The van der Waals surface area contributed by atoms with Gasteiger partial charge in [-0.1, -0.05) is 72.8 Å². The number of rotatable bonds is 9. The highest BCUT2D eigenvalue weighted by Crippen LogP contribution is 2.37. The molecule has 0 spiro atoms. The molecular formula is C31H25NO4. The van der Waals surface area contributed by atoms with Crippen LogP contribution in [-0.2, 0) is 13.0 Å². The third-order valence-corrected chi connectivity index (χ3v) is 5.84. The average Bonchev–Trinajstić information content (AvgIpc) is 2.93. The number of aromatic nitrogens is 1. The number of methoxy groups -OCH3 is 1. The molecule has 1 aromatic heterocycles. The molecule has 0 unspecified atom stereocenters. The standard InChI is InChI=1S/C31H25NO4/c1-34-30-19-26-27(20-31(30)35-21-23-8-4-2-5-9-23)32-17-16-29(26)36-25-14-12-22(13-15-25)18-28(33)24-10-6-3-7-11-24/h2-17,19-20H,18,21H2,1H3. The van der Waals surface area contributed by atoms with Crippen LogP contribution in [0.25, 0.3) is 10.9 Å². The molecule has 4 aromatic carbocycles. The number of hydrogen-bond donors (Lipinski definition) is 0. The normalized spacial score (nSPS) is 10.7. The Kier molecular flexibility index (Phi) is 6.90. The molecule has 0 aliphatic carbocycles. The van der Waals surface area contributed by atoms with Crippen molar-refractivity contribution in [3.63, 3.8) is 0 Å². The Bertz CT molecular complexity index is 1470. The number of fused-ring (bicyclic) bond motifs is 1. The molecule has 36 heavy (non-hydrogen) atoms. The van der Waals surface area contributed by atoms with Crippen LogP contribution in [-0.4, -0.2) is 17.9 Å². The Morgan fingerprint density at radius 1 is 0.750 bits per heavy atom. The summed E-state index contributed by atoms with van der Waals surface area (Å²) in [6.07, 6.45) is 2.05. The predicted octanol–water partition coefficient (Wildman–Crippen LogP) is 7.04. The van der Waals surface area contributed by atoms with Crippen molar-refractivity contribution in [2.24, 2.45) is 0 Å². The molecule has 178 valence electrons. The summed E-state index contributed by atoms with van der Waals surface area (Å²) in [7, 11) is 1.61. The van der Waals surface area contributed by atoms with E-state index in [1.54, 1.807) is 13.3 Å². The second-order valence-electron chi connectivity index (χ2n) is 8.32. The SMILES string of the molecule is COc1cc2c(Oc3ccc(CC(=O)c4ccccc4)cc3)ccnc2cc1OCc1ccccc1. The summed E-state index contributed by atoms with van der Waals surface area (Å²) in [6, 6.07) is 32.4. The summed E-state index contributed by atoms with van der Waals surface area (Å²) in [5.41, 5.74) is 3.44. The maximum atomic E-state index is 12.5. The number of ether oxygens (including phenoxy) is 3. The van der Waals surface area contributed by atoms with E-state index < -0.39 is 0 Å². The molecule has 0 saturated heterocycles. The minimum absolute atomic E-state index is 0.0850. The highest BCUT2D eigenvalue weighted by molar-refractivity contribution is 5.97. The van der Waals surface area contributed by atoms with E-state index >= 15 is 0 Å². The Hall–Kier alpha value is -4.64. The zero-order valence-corrected chi connectivity index (χ0v) is 19.9. The maximum Gasteiger partial charge on any atom is 0.167 e. The van der Waals surface area contributed by atoms with Gasteiger partial charge in [0.25, 0.3) is 0 Å². The lowest BCUT2D eigenvalue weighted by molar-refractivity contribution is 0.0993. The monoisotopic (exact) mass is 475 g/mol. The van der Waals surface area contributed by atoms with Gasteiger partial charge < -0.3 is 14.2 Å². The van der Waals surface area contributed by atoms with Crippen molar-refractivity contribution in [3.05, 3.63) is 126 Å². The lowest BCUT2D eigenvalue weighted by Crippen LogP contribution is -2.03. The Balaban J connectivity index is 1.33. The van der Waals surface area contributed by atoms with Gasteiger partial charge in [-0.3, -0.25) is 9.78 Å². The van der Waals surface area contributed by atoms with Gasteiger partial charge in [0.2, 0.25) is 0 Å². The van der Waals surface area contributed by atoms with Crippen LogP contribution >= 0.6 is 0 Å². The summed E-state index contributed by atoms with van der Waals surface area (Å²) < 4.78 is 17.8. The number of carbonyl (C=O) groups excluding carboxylic acids is 1. The van der Waals surface area contributed by atoms with Crippen molar-refractivity contribution in [2.75, 3.05) is 7.11 Å². The van der Waals surface area contributed by atoms with Gasteiger partial charge in [-0.2, -0.15) is 0 Å². The molecule has 1 heterocycles. The van der Waals surface area contributed by atoms with Gasteiger partial charge in [0.1, 0.15) is 18.1 Å². The van der Waals surface area contributed by atoms with E-state index in [1.807, 2.05) is 103 Å². The molecule has 5 aromatic rings. The second-order valence-corrected chi connectivity index (χ2v) is 8.32. The minimum Gasteiger partial charge on any atom is -0.493 e. The highest BCUT2D eigenvalue weighted by Gasteiger charge is 2.13. The van der Waals surface area contributed by atoms with Crippen LogP contribution in [0.5, 0.6) is 23.0 Å². The molecule has 0 saturated carbocycles. The van der Waals surface area contributed by atoms with Crippen LogP contribution in [0.15, 0.2) is 109 Å². The van der Waals surface area contributed by atoms with Crippen LogP contribution in [0.4, 0.5) is 0 Å². The number of pyridine rings is 1. The van der Waals surface area contributed by atoms with Crippen molar-refractivity contribution in [1.82, 2.24) is 4.98 Å². The van der Waals surface area contributed by atoms with Crippen LogP contribution in [0.1, 0.15) is 21.5 Å². The van der Waals surface area contributed by atoms with E-state index in [2.05, 4.69) is 4.98 Å². The first-order valence-corrected chi connectivity index (χ1v) is 11.7. The van der Waals surface area contributed by atoms with Gasteiger partial charge in [0.15, 0.2) is 17.3 Å². The fourth-order valence-electron chi connectivity index (χ4n) is 3.94. The number of benzene rings is 4. The lowest BCUT2D eigenvalue weighted by Gasteiger charge is -2.14. The van der Waals surface area contributed by atoms with E-state index in [0.29, 0.717) is 41.6 Å². The van der Waals surface area contributed by atoms with Gasteiger partial charge >= 0.3 is 0 Å². The van der Waals surface area contributed by atoms with E-state index in [-0.39, 0.29) is 5.78 Å². The summed E-state index contributed by atoms with van der Waals surface area (Å²) in [5, 5.41) is 0.810. The highest BCUT2D eigenvalue weighted by atomic mass is 16.5. The molecule has 0 aliphatic rings. The van der Waals surface area contributed by atoms with Crippen LogP contribution in [0, 0.1) is 0 Å². The molecule has 5 rings (SSSR count). The van der Waals surface area contributed by atoms with Crippen molar-refractivity contribution in [1.29, 1.82) is 0 Å². The van der Waals surface area contributed by atoms with Crippen molar-refractivity contribution < 1.29 is 19.0 Å². The third kappa shape index (κ3) is 5.36. The molecule has 0 fully saturated rings. The zero-order valence-electron chi connectivity index (χ0n) is 19.9. The fourth-order valence-corrected chi connectivity index (χ4v) is 3.94. The number of ketones is 1. The second kappa shape index (κ2) is 10.7. The third-order valence-electron chi connectivity index (χ3n) is 5.84. The van der Waals surface area contributed by atoms with Crippen molar-refractivity contribution in [3.8, 4) is 23.0 Å². The fraction of sp³-hybridized carbons (Fsp3) is 0.0968. The predicted molar refractivity (Wildman–Crippen MR) is 140 cm³/mol. The van der Waals surface area contributed by atoms with Gasteiger partial charge in [0.05, 0.1) is 12.6 Å². The quantitative estimate of drug-likeness (QED) is 0.214. The summed E-state index contributed by atoms with van der Waals surface area (Å²) in [5.74, 6) is 2.63. The Morgan fingerprint density at radius 3 is 2.19 bits per heavy atom. The Morgan fingerprint density at radius 2 is 1.47 bits per heavy atom. The van der Waals surface area contributed by atoms with E-state index in [4.69, 9.17) is 14.2 Å². The molecule has 0 amide bonds. The first kappa shape index (κ1) is 23.1. The Labute approximate surface area is 209 Å². The average molecular weight is 476 g/mol. The number of nitrogens with zero attached hydrogens (tertiary/aromatic N) is 1. The summed E-state index contributed by atoms with van der Waals surface area (Å²) >= 11 is 0. The topological polar surface area (TPSA) is 57.7 Å². The smallest absolute Gasteiger partial charge is 0.167 e. The van der Waals surface area contributed by atoms with E-state index in [1.165, 1.54) is 0 Å². The zero-order chi connectivity index (χ0) is 24.7. The number of carbonyl (C=O) groups is 1. The summed E-state index contributed by atoms with van der Waals surface area (Å²) in [4.78, 5) is 17.0. The first-order valence-electron chi connectivity index (χ1n) is 11.7. The van der Waals surface area contributed by atoms with Gasteiger partial charge in [-0.05, 0) is 35.4 Å². The van der Waals surface area contributed by atoms with E-state index in [0.717, 1.165) is 22.0 Å². The number of hydrogen-bond acceptors (Lipinski definition) is 5. The molecule has 5 nitrogen and oxygen atoms in total. The lowest BCUT2D eigenvalue weighted by atomic mass is 10.0. The maximum absolute atomic E-state index is 12.5. The van der Waals surface area contributed by atoms with E-state index in [9.17, 15) is 4.79 Å². The van der Waals surface area contributed by atoms with Crippen molar-refractivity contribution >= 4 is 16.7 Å². The molecule has 0 bridgehead atoms. The molecule has 0 aliphatic heterocycles. The van der Waals surface area contributed by atoms with Gasteiger partial charge in [-0.15, -0.1) is 0 Å².